The largest absolute Gasteiger partial charge is 0.470 e. The molecule has 16 heavy (non-hydrogen) atoms. The van der Waals surface area contributed by atoms with Crippen molar-refractivity contribution in [2.24, 2.45) is 5.11 Å². The monoisotopic (exact) mass is 213 g/mol. The zero-order chi connectivity index (χ0) is 11.5. The molecule has 0 saturated heterocycles. The smallest absolute Gasteiger partial charge is 0.232 e. The average molecular weight is 213 g/mol. The lowest BCUT2D eigenvalue weighted by molar-refractivity contribution is 0.173. The van der Waals surface area contributed by atoms with E-state index < -0.39 is 6.23 Å². The molecule has 1 atom stereocenters. The first-order valence-electron chi connectivity index (χ1n) is 5.17. The summed E-state index contributed by atoms with van der Waals surface area (Å²) in [6.45, 7) is 3.91. The molecule has 1 aliphatic heterocycles. The third kappa shape index (κ3) is 1.76. The minimum absolute atomic E-state index is 0.584. The van der Waals surface area contributed by atoms with E-state index in [1.807, 2.05) is 44.2 Å². The molecule has 0 N–H and O–H groups in total. The van der Waals surface area contributed by atoms with E-state index in [0.717, 1.165) is 22.3 Å². The molecule has 0 aromatic heterocycles. The maximum absolute atomic E-state index is 8.85. The second-order valence-electron chi connectivity index (χ2n) is 3.83. The van der Waals surface area contributed by atoms with E-state index >= 15 is 0 Å². The molecule has 81 valence electrons. The van der Waals surface area contributed by atoms with Crippen molar-refractivity contribution in [3.63, 3.8) is 0 Å². The van der Waals surface area contributed by atoms with Crippen molar-refractivity contribution < 1.29 is 4.74 Å². The highest BCUT2D eigenvalue weighted by Crippen LogP contribution is 2.32. The number of allylic oxidation sites excluding steroid dienone is 2. The standard InChI is InChI=1S/C13H13N2O/c1-9-8-16-13(15-14)10(2)12(9)11-6-4-3-5-7-11/h3-8,13H,1-2H3. The molecule has 1 aliphatic rings. The molecule has 1 radical (unpaired) electrons. The Hall–Kier alpha value is -1.90. The molecule has 0 saturated carbocycles. The van der Waals surface area contributed by atoms with E-state index in [9.17, 15) is 0 Å². The number of nitrogens with zero attached hydrogens (tertiary/aromatic N) is 2. The highest BCUT2D eigenvalue weighted by Gasteiger charge is 2.21. The first-order chi connectivity index (χ1) is 7.74. The van der Waals surface area contributed by atoms with Crippen molar-refractivity contribution in [2.45, 2.75) is 20.1 Å². The molecule has 1 aromatic carbocycles. The second-order valence-corrected chi connectivity index (χ2v) is 3.83. The molecule has 0 spiro atoms. The topological polar surface area (TPSA) is 43.9 Å². The van der Waals surface area contributed by atoms with Crippen LogP contribution in [0.3, 0.4) is 0 Å². The van der Waals surface area contributed by atoms with Crippen molar-refractivity contribution >= 4 is 5.57 Å². The molecule has 0 aliphatic carbocycles. The number of rotatable bonds is 2. The Balaban J connectivity index is 2.52. The van der Waals surface area contributed by atoms with Gasteiger partial charge in [-0.15, -0.1) is 5.11 Å². The minimum Gasteiger partial charge on any atom is -0.470 e. The van der Waals surface area contributed by atoms with Crippen LogP contribution >= 0.6 is 0 Å². The number of hydrogen-bond donors (Lipinski definition) is 0. The number of ether oxygens (including phenoxy) is 1. The lowest BCUT2D eigenvalue weighted by Crippen LogP contribution is -2.14. The van der Waals surface area contributed by atoms with Crippen LogP contribution in [0.15, 0.2) is 52.9 Å². The maximum Gasteiger partial charge on any atom is 0.232 e. The van der Waals surface area contributed by atoms with Crippen molar-refractivity contribution in [3.8, 4) is 0 Å². The van der Waals surface area contributed by atoms with Gasteiger partial charge in [0.25, 0.3) is 0 Å². The zero-order valence-electron chi connectivity index (χ0n) is 9.34. The van der Waals surface area contributed by atoms with E-state index in [1.165, 1.54) is 0 Å². The molecule has 0 bridgehead atoms. The maximum atomic E-state index is 8.85. The molecule has 3 nitrogen and oxygen atoms in total. The van der Waals surface area contributed by atoms with Crippen LogP contribution in [0, 0.1) is 0 Å². The fourth-order valence-corrected chi connectivity index (χ4v) is 1.94. The summed E-state index contributed by atoms with van der Waals surface area (Å²) < 4.78 is 5.27. The van der Waals surface area contributed by atoms with Crippen LogP contribution in [0.1, 0.15) is 19.4 Å². The van der Waals surface area contributed by atoms with Gasteiger partial charge < -0.3 is 4.74 Å². The van der Waals surface area contributed by atoms with Crippen LogP contribution in [0.4, 0.5) is 0 Å². The Morgan fingerprint density at radius 1 is 1.19 bits per heavy atom. The average Bonchev–Trinajstić information content (AvgIpc) is 2.31. The molecule has 0 amide bonds. The second kappa shape index (κ2) is 4.31. The molecule has 2 rings (SSSR count). The first-order valence-corrected chi connectivity index (χ1v) is 5.17. The van der Waals surface area contributed by atoms with E-state index in [2.05, 4.69) is 5.11 Å². The predicted octanol–water partition coefficient (Wildman–Crippen LogP) is 2.97. The van der Waals surface area contributed by atoms with Gasteiger partial charge in [-0.25, -0.2) is 0 Å². The zero-order valence-corrected chi connectivity index (χ0v) is 9.34. The van der Waals surface area contributed by atoms with Gasteiger partial charge in [-0.05, 0) is 41.7 Å². The van der Waals surface area contributed by atoms with Crippen LogP contribution in [0.5, 0.6) is 0 Å². The van der Waals surface area contributed by atoms with Gasteiger partial charge in [0.15, 0.2) is 0 Å². The molecule has 1 unspecified atom stereocenters. The summed E-state index contributed by atoms with van der Waals surface area (Å²) in [4.78, 5) is 0. The van der Waals surface area contributed by atoms with E-state index in [1.54, 1.807) is 6.26 Å². The van der Waals surface area contributed by atoms with Crippen molar-refractivity contribution in [1.29, 1.82) is 0 Å². The van der Waals surface area contributed by atoms with E-state index in [0.29, 0.717) is 0 Å². The van der Waals surface area contributed by atoms with Gasteiger partial charge in [-0.1, -0.05) is 30.3 Å². The third-order valence-electron chi connectivity index (χ3n) is 2.70. The Morgan fingerprint density at radius 3 is 2.50 bits per heavy atom. The molecular formula is C13H13N2O. The predicted molar refractivity (Wildman–Crippen MR) is 62.2 cm³/mol. The quantitative estimate of drug-likeness (QED) is 0.696. The highest BCUT2D eigenvalue weighted by molar-refractivity contribution is 5.81. The third-order valence-corrected chi connectivity index (χ3v) is 2.70. The van der Waals surface area contributed by atoms with Gasteiger partial charge in [0.1, 0.15) is 0 Å². The van der Waals surface area contributed by atoms with Crippen molar-refractivity contribution in [1.82, 2.24) is 5.53 Å². The molecular weight excluding hydrogens is 200 g/mol. The fourth-order valence-electron chi connectivity index (χ4n) is 1.94. The van der Waals surface area contributed by atoms with Crippen LogP contribution in [0.25, 0.3) is 5.57 Å². The summed E-state index contributed by atoms with van der Waals surface area (Å²) in [6, 6.07) is 10.0. The number of benzene rings is 1. The van der Waals surface area contributed by atoms with Crippen molar-refractivity contribution in [3.05, 3.63) is 53.3 Å². The molecule has 3 heteroatoms. The van der Waals surface area contributed by atoms with Gasteiger partial charge in [0.05, 0.1) is 6.26 Å². The lowest BCUT2D eigenvalue weighted by Gasteiger charge is -2.22. The summed E-state index contributed by atoms with van der Waals surface area (Å²) in [7, 11) is 0. The van der Waals surface area contributed by atoms with E-state index in [-0.39, 0.29) is 0 Å². The van der Waals surface area contributed by atoms with Gasteiger partial charge >= 0.3 is 0 Å². The normalized spacial score (nSPS) is 20.1. The SMILES string of the molecule is CC1=COC(N=[N])C(C)=C1c1ccccc1. The van der Waals surface area contributed by atoms with Crippen LogP contribution in [-0.2, 0) is 4.74 Å². The molecule has 0 fully saturated rings. The van der Waals surface area contributed by atoms with Gasteiger partial charge in [0.2, 0.25) is 6.23 Å². The minimum atomic E-state index is -0.584. The van der Waals surface area contributed by atoms with Gasteiger partial charge in [-0.3, -0.25) is 0 Å². The van der Waals surface area contributed by atoms with Crippen molar-refractivity contribution in [2.75, 3.05) is 0 Å². The van der Waals surface area contributed by atoms with Crippen LogP contribution in [0.2, 0.25) is 0 Å². The Kier molecular flexibility index (Phi) is 2.86. The lowest BCUT2D eigenvalue weighted by atomic mass is 9.93. The first kappa shape index (κ1) is 10.6. The fraction of sp³-hybridized carbons (Fsp3) is 0.231. The molecule has 1 heterocycles. The van der Waals surface area contributed by atoms with Gasteiger partial charge in [0, 0.05) is 0 Å². The molecule has 1 aromatic rings. The Bertz CT molecular complexity index is 460. The van der Waals surface area contributed by atoms with E-state index in [4.69, 9.17) is 10.3 Å². The van der Waals surface area contributed by atoms with Gasteiger partial charge in [-0.2, -0.15) is 0 Å². The van der Waals surface area contributed by atoms with Crippen LogP contribution < -0.4 is 5.53 Å². The Labute approximate surface area is 95.0 Å². The number of hydrogen-bond acceptors (Lipinski definition) is 2. The van der Waals surface area contributed by atoms with Crippen LogP contribution in [-0.4, -0.2) is 6.23 Å². The summed E-state index contributed by atoms with van der Waals surface area (Å²) in [5, 5.41) is 3.21. The Morgan fingerprint density at radius 2 is 1.88 bits per heavy atom. The summed E-state index contributed by atoms with van der Waals surface area (Å²) in [5.41, 5.74) is 13.0. The highest BCUT2D eigenvalue weighted by atomic mass is 16.5. The summed E-state index contributed by atoms with van der Waals surface area (Å²) >= 11 is 0. The summed E-state index contributed by atoms with van der Waals surface area (Å²) in [6.07, 6.45) is 1.05. The summed E-state index contributed by atoms with van der Waals surface area (Å²) in [5.74, 6) is 0.